The molecule has 0 radical (unpaired) electrons. The van der Waals surface area contributed by atoms with Crippen molar-refractivity contribution in [3.63, 3.8) is 0 Å². The summed E-state index contributed by atoms with van der Waals surface area (Å²) in [6.07, 6.45) is 0.412. The number of hydrogen-bond donors (Lipinski definition) is 2. The topological polar surface area (TPSA) is 44.7 Å². The van der Waals surface area contributed by atoms with Gasteiger partial charge in [-0.25, -0.2) is 0 Å². The summed E-state index contributed by atoms with van der Waals surface area (Å²) in [5.41, 5.74) is 0.671. The van der Waals surface area contributed by atoms with Gasteiger partial charge in [0.25, 0.3) is 0 Å². The van der Waals surface area contributed by atoms with Crippen LogP contribution in [0, 0.1) is 0 Å². The van der Waals surface area contributed by atoms with E-state index in [1.165, 1.54) is 0 Å². The Morgan fingerprint density at radius 3 is 2.81 bits per heavy atom. The van der Waals surface area contributed by atoms with Crippen LogP contribution in [0.5, 0.6) is 0 Å². The number of benzene rings is 1. The molecule has 0 spiro atoms. The summed E-state index contributed by atoms with van der Waals surface area (Å²) in [7, 11) is 0. The molecule has 118 valence electrons. The highest BCUT2D eigenvalue weighted by molar-refractivity contribution is 6.33. The summed E-state index contributed by atoms with van der Waals surface area (Å²) >= 11 is 12.0. The van der Waals surface area contributed by atoms with Crippen molar-refractivity contribution in [2.75, 3.05) is 45.9 Å². The lowest BCUT2D eigenvalue weighted by molar-refractivity contribution is 0.0373. The number of aliphatic hydroxyl groups is 1. The molecular weight excluding hydrogens is 311 g/mol. The number of halogens is 2. The third kappa shape index (κ3) is 5.74. The molecule has 1 atom stereocenters. The van der Waals surface area contributed by atoms with Crippen LogP contribution in [0.2, 0.25) is 10.0 Å². The summed E-state index contributed by atoms with van der Waals surface area (Å²) in [4.78, 5) is 2.40. The summed E-state index contributed by atoms with van der Waals surface area (Å²) < 4.78 is 5.31. The first-order chi connectivity index (χ1) is 10.2. The Labute approximate surface area is 136 Å². The molecule has 1 heterocycles. The van der Waals surface area contributed by atoms with Crippen molar-refractivity contribution in [3.8, 4) is 0 Å². The fraction of sp³-hybridized carbons (Fsp3) is 0.600. The second-order valence-electron chi connectivity index (χ2n) is 5.19. The molecule has 2 N–H and O–H groups in total. The first-order valence-corrected chi connectivity index (χ1v) is 8.06. The zero-order valence-corrected chi connectivity index (χ0v) is 13.5. The molecule has 1 fully saturated rings. The van der Waals surface area contributed by atoms with Crippen LogP contribution in [0.1, 0.15) is 18.1 Å². The number of rotatable bonds is 7. The molecule has 1 aliphatic heterocycles. The van der Waals surface area contributed by atoms with E-state index in [0.717, 1.165) is 45.8 Å². The molecule has 1 aromatic carbocycles. The van der Waals surface area contributed by atoms with Gasteiger partial charge in [-0.15, -0.1) is 0 Å². The maximum atomic E-state index is 10.1. The lowest BCUT2D eigenvalue weighted by Crippen LogP contribution is -2.37. The van der Waals surface area contributed by atoms with E-state index >= 15 is 0 Å². The van der Waals surface area contributed by atoms with E-state index in [1.54, 1.807) is 18.2 Å². The molecule has 0 aromatic heterocycles. The van der Waals surface area contributed by atoms with Crippen LogP contribution in [0.15, 0.2) is 18.2 Å². The molecule has 6 heteroatoms. The lowest BCUT2D eigenvalue weighted by atomic mass is 10.1. The molecule has 2 rings (SSSR count). The predicted octanol–water partition coefficient (Wildman–Crippen LogP) is 2.34. The van der Waals surface area contributed by atoms with Gasteiger partial charge in [0.1, 0.15) is 0 Å². The number of nitrogens with zero attached hydrogens (tertiary/aromatic N) is 1. The van der Waals surface area contributed by atoms with E-state index in [9.17, 15) is 5.11 Å². The number of hydrogen-bond acceptors (Lipinski definition) is 4. The van der Waals surface area contributed by atoms with Gasteiger partial charge >= 0.3 is 0 Å². The zero-order chi connectivity index (χ0) is 15.1. The molecular formula is C15H22Cl2N2O2. The van der Waals surface area contributed by atoms with Gasteiger partial charge in [-0.05, 0) is 37.7 Å². The second-order valence-corrected chi connectivity index (χ2v) is 6.04. The Balaban J connectivity index is 1.64. The smallest absolute Gasteiger partial charge is 0.0929 e. The molecule has 1 aromatic rings. The van der Waals surface area contributed by atoms with Gasteiger partial charge in [-0.1, -0.05) is 23.2 Å². The largest absolute Gasteiger partial charge is 0.387 e. The molecule has 1 aliphatic rings. The molecule has 0 saturated carbocycles. The fourth-order valence-corrected chi connectivity index (χ4v) is 2.80. The van der Waals surface area contributed by atoms with Crippen molar-refractivity contribution in [2.24, 2.45) is 0 Å². The van der Waals surface area contributed by atoms with Gasteiger partial charge in [0.2, 0.25) is 0 Å². The minimum Gasteiger partial charge on any atom is -0.387 e. The Kier molecular flexibility index (Phi) is 7.23. The van der Waals surface area contributed by atoms with Gasteiger partial charge in [-0.3, -0.25) is 4.90 Å². The maximum absolute atomic E-state index is 10.1. The third-order valence-electron chi connectivity index (χ3n) is 3.59. The van der Waals surface area contributed by atoms with Crippen molar-refractivity contribution >= 4 is 23.2 Å². The minimum atomic E-state index is -0.639. The van der Waals surface area contributed by atoms with E-state index in [-0.39, 0.29) is 0 Å². The van der Waals surface area contributed by atoms with Gasteiger partial charge < -0.3 is 15.2 Å². The normalized spacial score (nSPS) is 17.9. The average Bonchev–Trinajstić information content (AvgIpc) is 2.50. The van der Waals surface area contributed by atoms with Crippen LogP contribution < -0.4 is 5.32 Å². The first kappa shape index (κ1) is 17.0. The van der Waals surface area contributed by atoms with Crippen molar-refractivity contribution in [2.45, 2.75) is 12.5 Å². The van der Waals surface area contributed by atoms with E-state index in [2.05, 4.69) is 10.2 Å². The Bertz CT molecular complexity index is 440. The molecule has 1 saturated heterocycles. The van der Waals surface area contributed by atoms with Crippen LogP contribution in [-0.4, -0.2) is 55.9 Å². The highest BCUT2D eigenvalue weighted by atomic mass is 35.5. The molecule has 21 heavy (non-hydrogen) atoms. The minimum absolute atomic E-state index is 0.475. The number of nitrogens with one attached hydrogen (secondary N) is 1. The van der Waals surface area contributed by atoms with Crippen molar-refractivity contribution in [1.29, 1.82) is 0 Å². The van der Waals surface area contributed by atoms with Gasteiger partial charge in [0.05, 0.1) is 19.3 Å². The predicted molar refractivity (Wildman–Crippen MR) is 86.2 cm³/mol. The molecule has 0 aliphatic carbocycles. The van der Waals surface area contributed by atoms with Crippen LogP contribution in [0.3, 0.4) is 0 Å². The van der Waals surface area contributed by atoms with Crippen LogP contribution >= 0.6 is 23.2 Å². The maximum Gasteiger partial charge on any atom is 0.0929 e. The Morgan fingerprint density at radius 2 is 2.05 bits per heavy atom. The summed E-state index contributed by atoms with van der Waals surface area (Å²) in [6, 6.07) is 5.14. The van der Waals surface area contributed by atoms with E-state index in [4.69, 9.17) is 27.9 Å². The van der Waals surface area contributed by atoms with Crippen LogP contribution in [0.4, 0.5) is 0 Å². The second kappa shape index (κ2) is 8.93. The van der Waals surface area contributed by atoms with Crippen LogP contribution in [-0.2, 0) is 4.74 Å². The van der Waals surface area contributed by atoms with E-state index < -0.39 is 6.10 Å². The van der Waals surface area contributed by atoms with Gasteiger partial charge in [0.15, 0.2) is 0 Å². The fourth-order valence-electron chi connectivity index (χ4n) is 2.37. The molecule has 1 unspecified atom stereocenters. The highest BCUT2D eigenvalue weighted by Gasteiger charge is 2.12. The number of morpholine rings is 1. The third-order valence-corrected chi connectivity index (χ3v) is 4.17. The van der Waals surface area contributed by atoms with Crippen molar-refractivity contribution < 1.29 is 9.84 Å². The number of ether oxygens (including phenoxy) is 1. The zero-order valence-electron chi connectivity index (χ0n) is 12.0. The highest BCUT2D eigenvalue weighted by Crippen LogP contribution is 2.25. The van der Waals surface area contributed by atoms with Gasteiger partial charge in [-0.2, -0.15) is 0 Å². The summed E-state index contributed by atoms with van der Waals surface area (Å²) in [5.74, 6) is 0. The monoisotopic (exact) mass is 332 g/mol. The Hall–Kier alpha value is -0.360. The standard InChI is InChI=1S/C15H22Cl2N2O2/c16-12-2-3-14(17)13(10-12)15(20)11-18-4-1-5-19-6-8-21-9-7-19/h2-3,10,15,18,20H,1,4-9,11H2. The Morgan fingerprint density at radius 1 is 1.29 bits per heavy atom. The number of aliphatic hydroxyl groups excluding tert-OH is 1. The van der Waals surface area contributed by atoms with Gasteiger partial charge in [0, 0.05) is 35.2 Å². The van der Waals surface area contributed by atoms with E-state index in [1.807, 2.05) is 0 Å². The summed E-state index contributed by atoms with van der Waals surface area (Å²) in [5, 5.41) is 14.5. The molecule has 4 nitrogen and oxygen atoms in total. The quantitative estimate of drug-likeness (QED) is 0.752. The van der Waals surface area contributed by atoms with E-state index in [0.29, 0.717) is 22.2 Å². The van der Waals surface area contributed by atoms with Crippen LogP contribution in [0.25, 0.3) is 0 Å². The SMILES string of the molecule is OC(CNCCCN1CCOCC1)c1cc(Cl)ccc1Cl. The average molecular weight is 333 g/mol. The van der Waals surface area contributed by atoms with Crippen molar-refractivity contribution in [3.05, 3.63) is 33.8 Å². The lowest BCUT2D eigenvalue weighted by Gasteiger charge is -2.26. The molecule has 0 amide bonds. The molecule has 0 bridgehead atoms. The summed E-state index contributed by atoms with van der Waals surface area (Å²) in [6.45, 7) is 6.10. The van der Waals surface area contributed by atoms with Crippen molar-refractivity contribution in [1.82, 2.24) is 10.2 Å². The first-order valence-electron chi connectivity index (χ1n) is 7.30.